The van der Waals surface area contributed by atoms with Gasteiger partial charge >= 0.3 is 0 Å². The van der Waals surface area contributed by atoms with E-state index < -0.39 is 0 Å². The number of ether oxygens (including phenoxy) is 1. The van der Waals surface area contributed by atoms with Gasteiger partial charge in [0.1, 0.15) is 0 Å². The molecule has 0 aromatic heterocycles. The van der Waals surface area contributed by atoms with Crippen molar-refractivity contribution in [1.29, 1.82) is 0 Å². The molecule has 0 amide bonds. The lowest BCUT2D eigenvalue weighted by Gasteiger charge is -2.36. The fourth-order valence-electron chi connectivity index (χ4n) is 3.61. The van der Waals surface area contributed by atoms with Crippen LogP contribution in [0.25, 0.3) is 0 Å². The first-order valence-electron chi connectivity index (χ1n) is 9.48. The quantitative estimate of drug-likeness (QED) is 0.639. The molecule has 0 saturated carbocycles. The van der Waals surface area contributed by atoms with Gasteiger partial charge < -0.3 is 10.1 Å². The van der Waals surface area contributed by atoms with E-state index in [1.807, 2.05) is 12.1 Å². The molecule has 24 heavy (non-hydrogen) atoms. The van der Waals surface area contributed by atoms with Crippen molar-refractivity contribution in [2.75, 3.05) is 13.2 Å². The zero-order chi connectivity index (χ0) is 17.6. The Morgan fingerprint density at radius 2 is 1.88 bits per heavy atom. The minimum Gasteiger partial charge on any atom is -0.375 e. The highest BCUT2D eigenvalue weighted by atomic mass is 35.5. The van der Waals surface area contributed by atoms with E-state index in [1.54, 1.807) is 0 Å². The highest BCUT2D eigenvalue weighted by Gasteiger charge is 2.28. The molecule has 1 saturated heterocycles. The smallest absolute Gasteiger partial charge is 0.0641 e. The van der Waals surface area contributed by atoms with Crippen LogP contribution in [0.2, 0.25) is 5.02 Å². The molecule has 3 heteroatoms. The zero-order valence-electron chi connectivity index (χ0n) is 15.8. The Morgan fingerprint density at radius 1 is 1.17 bits per heavy atom. The predicted octanol–water partition coefficient (Wildman–Crippen LogP) is 5.80. The van der Waals surface area contributed by atoms with Crippen molar-refractivity contribution in [3.05, 3.63) is 34.9 Å². The molecule has 136 valence electrons. The first-order valence-corrected chi connectivity index (χ1v) is 9.86. The Kier molecular flexibility index (Phi) is 7.59. The lowest BCUT2D eigenvalue weighted by atomic mass is 9.88. The van der Waals surface area contributed by atoms with E-state index in [0.717, 1.165) is 36.9 Å². The van der Waals surface area contributed by atoms with Gasteiger partial charge in [0.15, 0.2) is 0 Å². The van der Waals surface area contributed by atoms with Crippen LogP contribution in [0.1, 0.15) is 71.3 Å². The van der Waals surface area contributed by atoms with Crippen molar-refractivity contribution >= 4 is 11.6 Å². The van der Waals surface area contributed by atoms with Crippen molar-refractivity contribution in [3.63, 3.8) is 0 Å². The number of benzene rings is 1. The Balaban J connectivity index is 1.87. The third kappa shape index (κ3) is 6.74. The number of nitrogens with one attached hydrogen (secondary N) is 1. The van der Waals surface area contributed by atoms with Crippen LogP contribution >= 0.6 is 11.6 Å². The largest absolute Gasteiger partial charge is 0.375 e. The molecule has 2 nitrogen and oxygen atoms in total. The Labute approximate surface area is 153 Å². The summed E-state index contributed by atoms with van der Waals surface area (Å²) in [7, 11) is 0. The number of hydrogen-bond donors (Lipinski definition) is 1. The minimum atomic E-state index is 0.0170. The molecule has 0 spiro atoms. The summed E-state index contributed by atoms with van der Waals surface area (Å²) in [5, 5.41) is 4.59. The molecule has 1 aromatic rings. The second kappa shape index (κ2) is 9.22. The maximum atomic E-state index is 6.05. The number of rotatable bonds is 8. The molecule has 0 radical (unpaired) electrons. The average Bonchev–Trinajstić information content (AvgIpc) is 2.50. The lowest BCUT2D eigenvalue weighted by molar-refractivity contribution is -0.0628. The Morgan fingerprint density at radius 3 is 2.50 bits per heavy atom. The molecule has 0 aliphatic carbocycles. The number of halogens is 1. The van der Waals surface area contributed by atoms with Gasteiger partial charge in [-0.15, -0.1) is 0 Å². The van der Waals surface area contributed by atoms with Crippen LogP contribution in [0.5, 0.6) is 0 Å². The molecular weight excluding hydrogens is 318 g/mol. The van der Waals surface area contributed by atoms with Crippen LogP contribution in [0, 0.1) is 5.92 Å². The third-order valence-electron chi connectivity index (χ3n) is 5.06. The topological polar surface area (TPSA) is 21.3 Å². The molecule has 2 rings (SSSR count). The molecule has 2 atom stereocenters. The van der Waals surface area contributed by atoms with Gasteiger partial charge in [0.05, 0.1) is 5.60 Å². The van der Waals surface area contributed by atoms with E-state index >= 15 is 0 Å². The van der Waals surface area contributed by atoms with Gasteiger partial charge in [-0.25, -0.2) is 0 Å². The lowest BCUT2D eigenvalue weighted by Crippen LogP contribution is -2.44. The molecule has 1 heterocycles. The minimum absolute atomic E-state index is 0.0170. The summed E-state index contributed by atoms with van der Waals surface area (Å²) in [5.74, 6) is 1.37. The molecule has 1 aliphatic heterocycles. The first kappa shape index (κ1) is 19.8. The first-order chi connectivity index (χ1) is 11.4. The van der Waals surface area contributed by atoms with Crippen LogP contribution in [-0.4, -0.2) is 24.8 Å². The summed E-state index contributed by atoms with van der Waals surface area (Å²) in [6.45, 7) is 11.0. The third-order valence-corrected chi connectivity index (χ3v) is 5.31. The molecule has 1 aliphatic rings. The van der Waals surface area contributed by atoms with Gasteiger partial charge in [-0.3, -0.25) is 0 Å². The molecule has 1 aromatic carbocycles. The van der Waals surface area contributed by atoms with Crippen molar-refractivity contribution in [3.8, 4) is 0 Å². The van der Waals surface area contributed by atoms with E-state index in [1.165, 1.54) is 24.8 Å². The van der Waals surface area contributed by atoms with Crippen molar-refractivity contribution in [1.82, 2.24) is 5.32 Å². The second-order valence-electron chi connectivity index (χ2n) is 8.26. The van der Waals surface area contributed by atoms with Crippen LogP contribution in [0.15, 0.2) is 24.3 Å². The van der Waals surface area contributed by atoms with Gasteiger partial charge in [0.2, 0.25) is 0 Å². The maximum Gasteiger partial charge on any atom is 0.0641 e. The van der Waals surface area contributed by atoms with E-state index in [0.29, 0.717) is 12.0 Å². The Hall–Kier alpha value is -0.570. The van der Waals surface area contributed by atoms with Gasteiger partial charge in [-0.2, -0.15) is 0 Å². The van der Waals surface area contributed by atoms with Crippen molar-refractivity contribution < 1.29 is 4.74 Å². The van der Waals surface area contributed by atoms with Gasteiger partial charge in [0.25, 0.3) is 0 Å². The fraction of sp³-hybridized carbons (Fsp3) is 0.714. The monoisotopic (exact) mass is 351 g/mol. The predicted molar refractivity (Wildman–Crippen MR) is 104 cm³/mol. The number of hydrogen-bond acceptors (Lipinski definition) is 2. The summed E-state index contributed by atoms with van der Waals surface area (Å²) in [6, 6.07) is 9.03. The SMILES string of the molecule is CC(C)CC[C@@H](CCN[C@H]1CCOC(C)(C)C1)c1ccc(Cl)cc1. The van der Waals surface area contributed by atoms with E-state index in [-0.39, 0.29) is 5.60 Å². The second-order valence-corrected chi connectivity index (χ2v) is 8.70. The van der Waals surface area contributed by atoms with Crippen LogP contribution in [-0.2, 0) is 4.74 Å². The molecular formula is C21H34ClNO. The highest BCUT2D eigenvalue weighted by Crippen LogP contribution is 2.28. The van der Waals surface area contributed by atoms with E-state index in [2.05, 4.69) is 45.1 Å². The zero-order valence-corrected chi connectivity index (χ0v) is 16.5. The van der Waals surface area contributed by atoms with Crippen molar-refractivity contribution in [2.45, 2.75) is 77.4 Å². The van der Waals surface area contributed by atoms with Crippen LogP contribution in [0.4, 0.5) is 0 Å². The van der Waals surface area contributed by atoms with E-state index in [4.69, 9.17) is 16.3 Å². The average molecular weight is 352 g/mol. The molecule has 0 bridgehead atoms. The molecule has 0 unspecified atom stereocenters. The summed E-state index contributed by atoms with van der Waals surface area (Å²) in [5.41, 5.74) is 1.44. The van der Waals surface area contributed by atoms with E-state index in [9.17, 15) is 0 Å². The van der Waals surface area contributed by atoms with Gasteiger partial charge in [0, 0.05) is 17.7 Å². The van der Waals surface area contributed by atoms with Crippen LogP contribution in [0.3, 0.4) is 0 Å². The maximum absolute atomic E-state index is 6.05. The normalized spacial score (nSPS) is 21.8. The van der Waals surface area contributed by atoms with Gasteiger partial charge in [-0.05, 0) is 75.6 Å². The standard InChI is InChI=1S/C21H34ClNO/c1-16(2)5-6-18(17-7-9-19(22)10-8-17)11-13-23-20-12-14-24-21(3,4)15-20/h7-10,16,18,20,23H,5-6,11-15H2,1-4H3/t18-,20-/m0/s1. The summed E-state index contributed by atoms with van der Waals surface area (Å²) in [6.07, 6.45) is 5.94. The summed E-state index contributed by atoms with van der Waals surface area (Å²) >= 11 is 6.05. The summed E-state index contributed by atoms with van der Waals surface area (Å²) < 4.78 is 5.82. The molecule has 1 N–H and O–H groups in total. The van der Waals surface area contributed by atoms with Gasteiger partial charge in [-0.1, -0.05) is 44.0 Å². The fourth-order valence-corrected chi connectivity index (χ4v) is 3.74. The molecule has 1 fully saturated rings. The highest BCUT2D eigenvalue weighted by molar-refractivity contribution is 6.30. The van der Waals surface area contributed by atoms with Crippen LogP contribution < -0.4 is 5.32 Å². The summed E-state index contributed by atoms with van der Waals surface area (Å²) in [4.78, 5) is 0. The van der Waals surface area contributed by atoms with Crippen molar-refractivity contribution in [2.24, 2.45) is 5.92 Å². The Bertz CT molecular complexity index is 483.